The highest BCUT2D eigenvalue weighted by molar-refractivity contribution is 7.85. The maximum atomic E-state index is 10.4. The summed E-state index contributed by atoms with van der Waals surface area (Å²) in [6.45, 7) is 2.20. The van der Waals surface area contributed by atoms with Crippen molar-refractivity contribution in [1.29, 1.82) is 0 Å². The molecule has 0 heterocycles. The second kappa shape index (κ2) is 9.16. The van der Waals surface area contributed by atoms with E-state index in [-0.39, 0.29) is 5.75 Å². The summed E-state index contributed by atoms with van der Waals surface area (Å²) in [5.41, 5.74) is 0. The molecule has 92 valence electrons. The van der Waals surface area contributed by atoms with E-state index < -0.39 is 10.1 Å². The van der Waals surface area contributed by atoms with Crippen molar-refractivity contribution >= 4 is 10.1 Å². The van der Waals surface area contributed by atoms with Crippen LogP contribution >= 0.6 is 0 Å². The Hall–Kier alpha value is -0.0900. The number of rotatable bonds is 10. The standard InChI is InChI=1S/C11H24O3S/c1-2-3-4-5-6-7-8-9-10-11-15(12,13)14/h2-11H2,1H3,(H,12,13,14). The SMILES string of the molecule is CCCCCCCCCCCS(=O)(=O)O. The zero-order valence-corrected chi connectivity index (χ0v) is 10.6. The average Bonchev–Trinajstić information content (AvgIpc) is 2.14. The zero-order chi connectivity index (χ0) is 11.6. The van der Waals surface area contributed by atoms with Crippen molar-refractivity contribution in [3.8, 4) is 0 Å². The lowest BCUT2D eigenvalue weighted by Gasteiger charge is -2.00. The highest BCUT2D eigenvalue weighted by Gasteiger charge is 2.02. The summed E-state index contributed by atoms with van der Waals surface area (Å²) in [5.74, 6) is -0.0805. The number of hydrogen-bond donors (Lipinski definition) is 1. The third-order valence-electron chi connectivity index (χ3n) is 2.51. The molecule has 0 fully saturated rings. The van der Waals surface area contributed by atoms with E-state index in [0.29, 0.717) is 6.42 Å². The van der Waals surface area contributed by atoms with Gasteiger partial charge in [-0.25, -0.2) is 0 Å². The molecule has 1 N–H and O–H groups in total. The van der Waals surface area contributed by atoms with Gasteiger partial charge in [0.2, 0.25) is 0 Å². The Kier molecular flexibility index (Phi) is 9.10. The van der Waals surface area contributed by atoms with Crippen LogP contribution in [0.5, 0.6) is 0 Å². The molecule has 0 rings (SSSR count). The first-order valence-electron chi connectivity index (χ1n) is 6.01. The molecule has 0 unspecified atom stereocenters. The van der Waals surface area contributed by atoms with Crippen molar-refractivity contribution in [2.45, 2.75) is 64.7 Å². The third-order valence-corrected chi connectivity index (χ3v) is 3.31. The minimum Gasteiger partial charge on any atom is -0.286 e. The molecule has 0 amide bonds. The largest absolute Gasteiger partial charge is 0.286 e. The predicted molar refractivity (Wildman–Crippen MR) is 63.6 cm³/mol. The Morgan fingerprint density at radius 3 is 1.60 bits per heavy atom. The molecule has 0 aromatic carbocycles. The van der Waals surface area contributed by atoms with Gasteiger partial charge in [0.05, 0.1) is 5.75 Å². The van der Waals surface area contributed by atoms with Crippen LogP contribution in [0.3, 0.4) is 0 Å². The van der Waals surface area contributed by atoms with Gasteiger partial charge >= 0.3 is 0 Å². The quantitative estimate of drug-likeness (QED) is 0.467. The van der Waals surface area contributed by atoms with Crippen molar-refractivity contribution in [3.63, 3.8) is 0 Å². The second-order valence-corrected chi connectivity index (χ2v) is 5.69. The Bertz CT molecular complexity index is 222. The number of hydrogen-bond acceptors (Lipinski definition) is 2. The molecule has 3 nitrogen and oxygen atoms in total. The van der Waals surface area contributed by atoms with Gasteiger partial charge in [-0.2, -0.15) is 8.42 Å². The Morgan fingerprint density at radius 1 is 0.800 bits per heavy atom. The van der Waals surface area contributed by atoms with E-state index in [2.05, 4.69) is 6.92 Å². The van der Waals surface area contributed by atoms with Crippen LogP contribution in [-0.4, -0.2) is 18.7 Å². The molecule has 0 bridgehead atoms. The topological polar surface area (TPSA) is 54.4 Å². The summed E-state index contributed by atoms with van der Waals surface area (Å²) in [6.07, 6.45) is 10.2. The van der Waals surface area contributed by atoms with E-state index >= 15 is 0 Å². The molecular weight excluding hydrogens is 212 g/mol. The van der Waals surface area contributed by atoms with Crippen LogP contribution < -0.4 is 0 Å². The van der Waals surface area contributed by atoms with Crippen molar-refractivity contribution in [2.24, 2.45) is 0 Å². The Labute approximate surface area is 94.0 Å². The number of unbranched alkanes of at least 4 members (excludes halogenated alkanes) is 8. The highest BCUT2D eigenvalue weighted by Crippen LogP contribution is 2.09. The van der Waals surface area contributed by atoms with Crippen molar-refractivity contribution in [1.82, 2.24) is 0 Å². The van der Waals surface area contributed by atoms with E-state index in [4.69, 9.17) is 4.55 Å². The fourth-order valence-electron chi connectivity index (χ4n) is 1.60. The first kappa shape index (κ1) is 14.9. The third kappa shape index (κ3) is 13.9. The van der Waals surface area contributed by atoms with Crippen molar-refractivity contribution in [2.75, 3.05) is 5.75 Å². The lowest BCUT2D eigenvalue weighted by atomic mass is 10.1. The monoisotopic (exact) mass is 236 g/mol. The van der Waals surface area contributed by atoms with Gasteiger partial charge in [-0.1, -0.05) is 58.3 Å². The first-order valence-corrected chi connectivity index (χ1v) is 7.62. The molecule has 0 aromatic heterocycles. The summed E-state index contributed by atoms with van der Waals surface area (Å²) in [6, 6.07) is 0. The highest BCUT2D eigenvalue weighted by atomic mass is 32.2. The van der Waals surface area contributed by atoms with Crippen LogP contribution in [-0.2, 0) is 10.1 Å². The van der Waals surface area contributed by atoms with Crippen molar-refractivity contribution < 1.29 is 13.0 Å². The first-order chi connectivity index (χ1) is 7.06. The molecule has 0 radical (unpaired) electrons. The fourth-order valence-corrected chi connectivity index (χ4v) is 2.16. The molecule has 0 saturated carbocycles. The van der Waals surface area contributed by atoms with Gasteiger partial charge < -0.3 is 0 Å². The summed E-state index contributed by atoms with van der Waals surface area (Å²) in [7, 11) is -3.73. The Morgan fingerprint density at radius 2 is 1.20 bits per heavy atom. The van der Waals surface area contributed by atoms with Gasteiger partial charge in [-0.05, 0) is 6.42 Å². The zero-order valence-electron chi connectivity index (χ0n) is 9.74. The Balaban J connectivity index is 3.06. The second-order valence-electron chi connectivity index (χ2n) is 4.11. The van der Waals surface area contributed by atoms with Crippen LogP contribution in [0.25, 0.3) is 0 Å². The van der Waals surface area contributed by atoms with Crippen LogP contribution in [0.15, 0.2) is 0 Å². The molecular formula is C11H24O3S. The van der Waals surface area contributed by atoms with E-state index in [0.717, 1.165) is 12.8 Å². The van der Waals surface area contributed by atoms with E-state index in [9.17, 15) is 8.42 Å². The average molecular weight is 236 g/mol. The maximum absolute atomic E-state index is 10.4. The van der Waals surface area contributed by atoms with Crippen LogP contribution in [0.1, 0.15) is 64.7 Å². The van der Waals surface area contributed by atoms with Gasteiger partial charge in [0.1, 0.15) is 0 Å². The van der Waals surface area contributed by atoms with Gasteiger partial charge in [0, 0.05) is 0 Å². The summed E-state index contributed by atoms with van der Waals surface area (Å²) < 4.78 is 29.3. The fraction of sp³-hybridized carbons (Fsp3) is 1.00. The van der Waals surface area contributed by atoms with E-state index in [1.165, 1.54) is 38.5 Å². The molecule has 0 aromatic rings. The van der Waals surface area contributed by atoms with E-state index in [1.54, 1.807) is 0 Å². The minimum atomic E-state index is -3.73. The lowest BCUT2D eigenvalue weighted by Crippen LogP contribution is -2.03. The molecule has 0 aliphatic heterocycles. The van der Waals surface area contributed by atoms with Gasteiger partial charge in [-0.15, -0.1) is 0 Å². The molecule has 4 heteroatoms. The van der Waals surface area contributed by atoms with Crippen molar-refractivity contribution in [3.05, 3.63) is 0 Å². The summed E-state index contributed by atoms with van der Waals surface area (Å²) in [4.78, 5) is 0. The molecule has 0 saturated heterocycles. The van der Waals surface area contributed by atoms with Gasteiger partial charge in [-0.3, -0.25) is 4.55 Å². The predicted octanol–water partition coefficient (Wildman–Crippen LogP) is 3.41. The molecule has 15 heavy (non-hydrogen) atoms. The minimum absolute atomic E-state index is 0.0805. The smallest absolute Gasteiger partial charge is 0.264 e. The lowest BCUT2D eigenvalue weighted by molar-refractivity contribution is 0.478. The molecule has 0 aliphatic carbocycles. The van der Waals surface area contributed by atoms with Crippen LogP contribution in [0.4, 0.5) is 0 Å². The summed E-state index contributed by atoms with van der Waals surface area (Å²) >= 11 is 0. The van der Waals surface area contributed by atoms with E-state index in [1.807, 2.05) is 0 Å². The molecule has 0 atom stereocenters. The van der Waals surface area contributed by atoms with Gasteiger partial charge in [0.15, 0.2) is 0 Å². The van der Waals surface area contributed by atoms with Crippen LogP contribution in [0, 0.1) is 0 Å². The summed E-state index contributed by atoms with van der Waals surface area (Å²) in [5, 5.41) is 0. The van der Waals surface area contributed by atoms with Crippen LogP contribution in [0.2, 0.25) is 0 Å². The maximum Gasteiger partial charge on any atom is 0.264 e. The molecule has 0 aliphatic rings. The molecule has 0 spiro atoms. The normalized spacial score (nSPS) is 11.9. The van der Waals surface area contributed by atoms with Gasteiger partial charge in [0.25, 0.3) is 10.1 Å².